The molecule has 19 heavy (non-hydrogen) atoms. The first-order valence-electron chi connectivity index (χ1n) is 5.97. The predicted molar refractivity (Wildman–Crippen MR) is 67.8 cm³/mol. The minimum atomic E-state index is -0.514. The highest BCUT2D eigenvalue weighted by Crippen LogP contribution is 2.22. The average Bonchev–Trinajstić information content (AvgIpc) is 2.45. The lowest BCUT2D eigenvalue weighted by molar-refractivity contribution is -0.124. The summed E-state index contributed by atoms with van der Waals surface area (Å²) in [4.78, 5) is 24.3. The van der Waals surface area contributed by atoms with Gasteiger partial charge in [0.2, 0.25) is 5.91 Å². The van der Waals surface area contributed by atoms with Crippen molar-refractivity contribution in [2.24, 2.45) is 0 Å². The Morgan fingerprint density at radius 2 is 2.32 bits per heavy atom. The Morgan fingerprint density at radius 3 is 3.00 bits per heavy atom. The van der Waals surface area contributed by atoms with Crippen molar-refractivity contribution in [1.29, 1.82) is 0 Å². The molecule has 1 saturated heterocycles. The number of hydrogen-bond acceptors (Lipinski definition) is 4. The second-order valence-corrected chi connectivity index (χ2v) is 4.26. The molecule has 0 aromatic heterocycles. The Kier molecular flexibility index (Phi) is 4.11. The first kappa shape index (κ1) is 13.5. The lowest BCUT2D eigenvalue weighted by Crippen LogP contribution is -2.53. The smallest absolute Gasteiger partial charge is 0.244 e. The van der Waals surface area contributed by atoms with Gasteiger partial charge in [0.15, 0.2) is 0 Å². The highest BCUT2D eigenvalue weighted by atomic mass is 19.1. The van der Waals surface area contributed by atoms with E-state index in [1.54, 1.807) is 11.0 Å². The van der Waals surface area contributed by atoms with Crippen LogP contribution < -0.4 is 10.2 Å². The second kappa shape index (κ2) is 5.79. The molecule has 1 atom stereocenters. The molecule has 1 aliphatic heterocycles. The number of amides is 1. The Morgan fingerprint density at radius 1 is 1.53 bits per heavy atom. The van der Waals surface area contributed by atoms with E-state index in [0.717, 1.165) is 6.07 Å². The largest absolute Gasteiger partial charge is 0.377 e. The Balaban J connectivity index is 2.34. The lowest BCUT2D eigenvalue weighted by Gasteiger charge is -2.36. The van der Waals surface area contributed by atoms with E-state index in [4.69, 9.17) is 4.74 Å². The lowest BCUT2D eigenvalue weighted by atomic mass is 10.1. The number of halogens is 1. The van der Waals surface area contributed by atoms with Gasteiger partial charge >= 0.3 is 0 Å². The van der Waals surface area contributed by atoms with E-state index >= 15 is 0 Å². The number of carbonyl (C=O) groups excluding carboxylic acids is 2. The van der Waals surface area contributed by atoms with E-state index < -0.39 is 11.9 Å². The van der Waals surface area contributed by atoms with Crippen molar-refractivity contribution in [3.63, 3.8) is 0 Å². The van der Waals surface area contributed by atoms with Crippen LogP contribution in [-0.4, -0.2) is 45.0 Å². The van der Waals surface area contributed by atoms with Crippen molar-refractivity contribution >= 4 is 17.9 Å². The summed E-state index contributed by atoms with van der Waals surface area (Å²) in [5, 5.41) is 2.55. The van der Waals surface area contributed by atoms with Crippen LogP contribution in [0.1, 0.15) is 10.4 Å². The highest BCUT2D eigenvalue weighted by molar-refractivity contribution is 5.86. The molecule has 1 fully saturated rings. The molecular weight excluding hydrogens is 251 g/mol. The molecule has 5 nitrogen and oxygen atoms in total. The molecule has 0 radical (unpaired) electrons. The average molecular weight is 266 g/mol. The number of nitrogens with one attached hydrogen (secondary N) is 1. The number of aldehydes is 1. The minimum absolute atomic E-state index is 0.198. The van der Waals surface area contributed by atoms with Crippen molar-refractivity contribution in [3.05, 3.63) is 29.6 Å². The van der Waals surface area contributed by atoms with Gasteiger partial charge in [-0.15, -0.1) is 0 Å². The quantitative estimate of drug-likeness (QED) is 0.813. The summed E-state index contributed by atoms with van der Waals surface area (Å²) in [6.45, 7) is 1.17. The number of hydrogen-bond donors (Lipinski definition) is 1. The molecule has 0 aliphatic carbocycles. The van der Waals surface area contributed by atoms with E-state index in [0.29, 0.717) is 25.1 Å². The van der Waals surface area contributed by atoms with Crippen LogP contribution >= 0.6 is 0 Å². The van der Waals surface area contributed by atoms with Crippen molar-refractivity contribution in [2.45, 2.75) is 6.04 Å². The summed E-state index contributed by atoms with van der Waals surface area (Å²) in [5.74, 6) is -0.696. The van der Waals surface area contributed by atoms with Gasteiger partial charge in [-0.3, -0.25) is 9.59 Å². The Hall–Kier alpha value is -1.95. The molecule has 1 N–H and O–H groups in total. The van der Waals surface area contributed by atoms with Gasteiger partial charge in [0, 0.05) is 24.8 Å². The summed E-state index contributed by atoms with van der Waals surface area (Å²) >= 11 is 0. The zero-order valence-electron chi connectivity index (χ0n) is 10.6. The van der Waals surface area contributed by atoms with Crippen LogP contribution in [0.2, 0.25) is 0 Å². The maximum absolute atomic E-state index is 13.5. The predicted octanol–water partition coefficient (Wildman–Crippen LogP) is 0.589. The van der Waals surface area contributed by atoms with E-state index in [-0.39, 0.29) is 18.1 Å². The molecule has 1 aromatic rings. The number of anilines is 1. The normalized spacial score (nSPS) is 19.1. The first-order valence-corrected chi connectivity index (χ1v) is 5.97. The molecule has 0 bridgehead atoms. The zero-order valence-corrected chi connectivity index (χ0v) is 10.6. The van der Waals surface area contributed by atoms with Crippen molar-refractivity contribution in [3.8, 4) is 0 Å². The number of ether oxygens (including phenoxy) is 1. The topological polar surface area (TPSA) is 58.6 Å². The molecule has 0 spiro atoms. The number of rotatable bonds is 3. The summed E-state index contributed by atoms with van der Waals surface area (Å²) in [6, 6.07) is 3.53. The van der Waals surface area contributed by atoms with E-state index in [1.807, 2.05) is 0 Å². The van der Waals surface area contributed by atoms with Gasteiger partial charge in [-0.25, -0.2) is 4.39 Å². The third kappa shape index (κ3) is 2.90. The van der Waals surface area contributed by atoms with Gasteiger partial charge in [-0.05, 0) is 18.2 Å². The van der Waals surface area contributed by atoms with Crippen LogP contribution in [-0.2, 0) is 9.53 Å². The van der Waals surface area contributed by atoms with Crippen LogP contribution in [0, 0.1) is 5.82 Å². The summed E-state index contributed by atoms with van der Waals surface area (Å²) in [7, 11) is 1.54. The highest BCUT2D eigenvalue weighted by Gasteiger charge is 2.29. The van der Waals surface area contributed by atoms with Crippen LogP contribution in [0.25, 0.3) is 0 Å². The molecule has 6 heteroatoms. The molecule has 102 valence electrons. The number of morpholine rings is 1. The zero-order chi connectivity index (χ0) is 13.8. The van der Waals surface area contributed by atoms with Crippen molar-refractivity contribution in [1.82, 2.24) is 5.32 Å². The maximum Gasteiger partial charge on any atom is 0.244 e. The van der Waals surface area contributed by atoms with Crippen LogP contribution in [0.5, 0.6) is 0 Å². The van der Waals surface area contributed by atoms with Crippen molar-refractivity contribution in [2.75, 3.05) is 31.7 Å². The molecule has 2 rings (SSSR count). The van der Waals surface area contributed by atoms with E-state index in [1.165, 1.54) is 13.1 Å². The van der Waals surface area contributed by atoms with Gasteiger partial charge in [0.1, 0.15) is 18.1 Å². The first-order chi connectivity index (χ1) is 9.15. The summed E-state index contributed by atoms with van der Waals surface area (Å²) < 4.78 is 18.7. The number of benzene rings is 1. The fraction of sp³-hybridized carbons (Fsp3) is 0.385. The van der Waals surface area contributed by atoms with Gasteiger partial charge < -0.3 is 15.0 Å². The summed E-state index contributed by atoms with van der Waals surface area (Å²) in [6.07, 6.45) is 0.585. The molecule has 1 aliphatic rings. The third-order valence-corrected chi connectivity index (χ3v) is 3.05. The van der Waals surface area contributed by atoms with E-state index in [2.05, 4.69) is 5.32 Å². The molecule has 1 heterocycles. The van der Waals surface area contributed by atoms with Crippen molar-refractivity contribution < 1.29 is 18.7 Å². The SMILES string of the molecule is CNC(=O)C1COCCN1c1cc(F)cc(C=O)c1. The van der Waals surface area contributed by atoms with Crippen LogP contribution in [0.3, 0.4) is 0 Å². The Bertz CT molecular complexity index is 493. The van der Waals surface area contributed by atoms with Crippen LogP contribution in [0.15, 0.2) is 18.2 Å². The van der Waals surface area contributed by atoms with Gasteiger partial charge in [0.25, 0.3) is 0 Å². The van der Waals surface area contributed by atoms with Gasteiger partial charge in [-0.2, -0.15) is 0 Å². The molecule has 1 aromatic carbocycles. The Labute approximate surface area is 110 Å². The fourth-order valence-corrected chi connectivity index (χ4v) is 2.13. The molecule has 0 saturated carbocycles. The monoisotopic (exact) mass is 266 g/mol. The number of nitrogens with zero attached hydrogens (tertiary/aromatic N) is 1. The maximum atomic E-state index is 13.5. The molecular formula is C13H15FN2O3. The minimum Gasteiger partial charge on any atom is -0.377 e. The van der Waals surface area contributed by atoms with Crippen LogP contribution in [0.4, 0.5) is 10.1 Å². The molecule has 1 amide bonds. The van der Waals surface area contributed by atoms with Gasteiger partial charge in [-0.1, -0.05) is 0 Å². The van der Waals surface area contributed by atoms with Gasteiger partial charge in [0.05, 0.1) is 13.2 Å². The molecule has 1 unspecified atom stereocenters. The fourth-order valence-electron chi connectivity index (χ4n) is 2.13. The summed E-state index contributed by atoms with van der Waals surface area (Å²) in [5.41, 5.74) is 0.760. The second-order valence-electron chi connectivity index (χ2n) is 4.26. The third-order valence-electron chi connectivity index (χ3n) is 3.05. The number of likely N-dealkylation sites (N-methyl/N-ethyl adjacent to an activating group) is 1. The number of carbonyl (C=O) groups is 2. The standard InChI is InChI=1S/C13H15FN2O3/c1-15-13(18)12-8-19-3-2-16(12)11-5-9(7-17)4-10(14)6-11/h4-7,12H,2-3,8H2,1H3,(H,15,18). The van der Waals surface area contributed by atoms with E-state index in [9.17, 15) is 14.0 Å².